The summed E-state index contributed by atoms with van der Waals surface area (Å²) in [5.41, 5.74) is 3.22. The zero-order valence-corrected chi connectivity index (χ0v) is 19.5. The SMILES string of the molecule is Clc1cc(Cl)c(Oc2ccc(-c3nnc(CCCc4c[nH]c5ccccc45)o3)cc2)nc1Cl. The number of halogens is 3. The largest absolute Gasteiger partial charge is 0.437 e. The van der Waals surface area contributed by atoms with Gasteiger partial charge in [-0.15, -0.1) is 10.2 Å². The van der Waals surface area contributed by atoms with Gasteiger partial charge in [-0.1, -0.05) is 53.0 Å². The highest BCUT2D eigenvalue weighted by Gasteiger charge is 2.12. The highest BCUT2D eigenvalue weighted by molar-refractivity contribution is 6.42. The second-order valence-corrected chi connectivity index (χ2v) is 8.56. The van der Waals surface area contributed by atoms with Crippen molar-refractivity contribution < 1.29 is 9.15 Å². The van der Waals surface area contributed by atoms with Crippen LogP contribution in [0, 0.1) is 0 Å². The fraction of sp³-hybridized carbons (Fsp3) is 0.125. The summed E-state index contributed by atoms with van der Waals surface area (Å²) in [7, 11) is 0. The van der Waals surface area contributed by atoms with Crippen LogP contribution in [0.2, 0.25) is 15.2 Å². The lowest BCUT2D eigenvalue weighted by atomic mass is 10.1. The van der Waals surface area contributed by atoms with E-state index in [1.54, 1.807) is 12.1 Å². The molecule has 3 heterocycles. The van der Waals surface area contributed by atoms with E-state index in [0.717, 1.165) is 23.9 Å². The first-order chi connectivity index (χ1) is 16.1. The number of H-pyrrole nitrogens is 1. The van der Waals surface area contributed by atoms with E-state index >= 15 is 0 Å². The van der Waals surface area contributed by atoms with E-state index in [9.17, 15) is 0 Å². The predicted octanol–water partition coefficient (Wildman–Crippen LogP) is 7.54. The summed E-state index contributed by atoms with van der Waals surface area (Å²) in [6, 6.07) is 16.9. The molecular weight excluding hydrogens is 483 g/mol. The Morgan fingerprint density at radius 3 is 2.58 bits per heavy atom. The minimum Gasteiger partial charge on any atom is -0.437 e. The summed E-state index contributed by atoms with van der Waals surface area (Å²) >= 11 is 18.0. The molecule has 1 N–H and O–H groups in total. The number of para-hydroxylation sites is 1. The van der Waals surface area contributed by atoms with Gasteiger partial charge in [0.25, 0.3) is 0 Å². The van der Waals surface area contributed by atoms with Crippen molar-refractivity contribution in [2.45, 2.75) is 19.3 Å². The highest BCUT2D eigenvalue weighted by atomic mass is 35.5. The second-order valence-electron chi connectivity index (χ2n) is 7.39. The number of aromatic amines is 1. The van der Waals surface area contributed by atoms with Crippen LogP contribution >= 0.6 is 34.8 Å². The number of ether oxygens (including phenoxy) is 1. The van der Waals surface area contributed by atoms with Crippen LogP contribution in [0.4, 0.5) is 0 Å². The van der Waals surface area contributed by atoms with Crippen molar-refractivity contribution in [2.75, 3.05) is 0 Å². The smallest absolute Gasteiger partial charge is 0.247 e. The number of aromatic nitrogens is 4. The molecule has 0 atom stereocenters. The molecule has 0 amide bonds. The van der Waals surface area contributed by atoms with Gasteiger partial charge in [-0.2, -0.15) is 4.98 Å². The van der Waals surface area contributed by atoms with Crippen LogP contribution in [-0.2, 0) is 12.8 Å². The number of nitrogens with zero attached hydrogens (tertiary/aromatic N) is 3. The molecule has 5 aromatic rings. The normalized spacial score (nSPS) is 11.2. The first-order valence-corrected chi connectivity index (χ1v) is 11.4. The van der Waals surface area contributed by atoms with Crippen molar-refractivity contribution in [3.05, 3.63) is 87.4 Å². The van der Waals surface area contributed by atoms with Crippen molar-refractivity contribution in [2.24, 2.45) is 0 Å². The third kappa shape index (κ3) is 4.83. The van der Waals surface area contributed by atoms with Gasteiger partial charge in [-0.25, -0.2) is 0 Å². The molecule has 6 nitrogen and oxygen atoms in total. The number of hydrogen-bond acceptors (Lipinski definition) is 5. The van der Waals surface area contributed by atoms with Gasteiger partial charge in [-0.3, -0.25) is 0 Å². The number of hydrogen-bond donors (Lipinski definition) is 1. The Kier molecular flexibility index (Phi) is 6.22. The standard InChI is InChI=1S/C24H17Cl3N4O2/c25-18-12-19(26)24(29-22(18)27)32-16-10-8-14(9-11-16)23-31-30-21(33-23)7-3-4-15-13-28-20-6-2-1-5-17(15)20/h1-2,5-6,8-13,28H,3-4,7H2. The second kappa shape index (κ2) is 9.43. The molecule has 0 unspecified atom stereocenters. The van der Waals surface area contributed by atoms with Crippen molar-refractivity contribution >= 4 is 45.7 Å². The van der Waals surface area contributed by atoms with Crippen LogP contribution in [0.25, 0.3) is 22.4 Å². The Hall–Kier alpha value is -3.06. The molecule has 9 heteroatoms. The molecule has 33 heavy (non-hydrogen) atoms. The van der Waals surface area contributed by atoms with Crippen molar-refractivity contribution in [3.8, 4) is 23.1 Å². The Morgan fingerprint density at radius 2 is 1.73 bits per heavy atom. The zero-order chi connectivity index (χ0) is 22.8. The van der Waals surface area contributed by atoms with Gasteiger partial charge >= 0.3 is 0 Å². The molecule has 0 aliphatic carbocycles. The minimum absolute atomic E-state index is 0.121. The molecule has 0 bridgehead atoms. The van der Waals surface area contributed by atoms with Crippen LogP contribution < -0.4 is 4.74 Å². The predicted molar refractivity (Wildman–Crippen MR) is 129 cm³/mol. The molecule has 5 rings (SSSR count). The summed E-state index contributed by atoms with van der Waals surface area (Å²) in [4.78, 5) is 7.36. The maximum absolute atomic E-state index is 6.12. The van der Waals surface area contributed by atoms with Crippen molar-refractivity contribution in [3.63, 3.8) is 0 Å². The van der Waals surface area contributed by atoms with E-state index in [4.69, 9.17) is 44.0 Å². The fourth-order valence-electron chi connectivity index (χ4n) is 3.52. The van der Waals surface area contributed by atoms with Gasteiger partial charge in [-0.05, 0) is 54.8 Å². The summed E-state index contributed by atoms with van der Waals surface area (Å²) in [5, 5.41) is 10.3. The van der Waals surface area contributed by atoms with Crippen LogP contribution in [0.1, 0.15) is 17.9 Å². The van der Waals surface area contributed by atoms with Crippen LogP contribution in [-0.4, -0.2) is 20.2 Å². The van der Waals surface area contributed by atoms with E-state index < -0.39 is 0 Å². The molecule has 0 saturated heterocycles. The number of nitrogens with one attached hydrogen (secondary N) is 1. The summed E-state index contributed by atoms with van der Waals surface area (Å²) in [6.07, 6.45) is 4.61. The van der Waals surface area contributed by atoms with Crippen LogP contribution in [0.3, 0.4) is 0 Å². The molecule has 0 saturated carbocycles. The lowest BCUT2D eigenvalue weighted by molar-refractivity contribution is 0.463. The highest BCUT2D eigenvalue weighted by Crippen LogP contribution is 2.33. The minimum atomic E-state index is 0.121. The molecule has 0 aliphatic heterocycles. The third-order valence-corrected chi connectivity index (χ3v) is 6.09. The zero-order valence-electron chi connectivity index (χ0n) is 17.2. The molecular formula is C24H17Cl3N4O2. The molecule has 0 fully saturated rings. The lowest BCUT2D eigenvalue weighted by Crippen LogP contribution is -1.90. The van der Waals surface area contributed by atoms with E-state index in [2.05, 4.69) is 44.6 Å². The Morgan fingerprint density at radius 1 is 0.909 bits per heavy atom. The van der Waals surface area contributed by atoms with Gasteiger partial charge in [0.05, 0.1) is 5.02 Å². The van der Waals surface area contributed by atoms with E-state index in [-0.39, 0.29) is 21.1 Å². The van der Waals surface area contributed by atoms with Crippen LogP contribution in [0.5, 0.6) is 11.6 Å². The van der Waals surface area contributed by atoms with Gasteiger partial charge < -0.3 is 14.1 Å². The molecule has 0 radical (unpaired) electrons. The Balaban J connectivity index is 1.21. The van der Waals surface area contributed by atoms with Crippen molar-refractivity contribution in [1.29, 1.82) is 0 Å². The lowest BCUT2D eigenvalue weighted by Gasteiger charge is -2.07. The van der Waals surface area contributed by atoms with E-state index in [0.29, 0.717) is 24.0 Å². The van der Waals surface area contributed by atoms with Gasteiger partial charge in [0.1, 0.15) is 10.8 Å². The number of benzene rings is 2. The maximum Gasteiger partial charge on any atom is 0.247 e. The molecule has 2 aromatic carbocycles. The topological polar surface area (TPSA) is 76.8 Å². The van der Waals surface area contributed by atoms with E-state index in [1.807, 2.05) is 18.2 Å². The number of fused-ring (bicyclic) bond motifs is 1. The molecule has 0 spiro atoms. The summed E-state index contributed by atoms with van der Waals surface area (Å²) < 4.78 is 11.6. The van der Waals surface area contributed by atoms with Crippen LogP contribution in [0.15, 0.2) is 65.2 Å². The average molecular weight is 500 g/mol. The Labute approximate surface area is 204 Å². The number of aryl methyl sites for hydroxylation is 2. The van der Waals surface area contributed by atoms with E-state index in [1.165, 1.54) is 17.0 Å². The molecule has 0 aliphatic rings. The Bertz CT molecular complexity index is 1410. The number of rotatable bonds is 7. The van der Waals surface area contributed by atoms with Gasteiger partial charge in [0.2, 0.25) is 17.7 Å². The summed E-state index contributed by atoms with van der Waals surface area (Å²) in [5.74, 6) is 1.77. The first kappa shape index (κ1) is 21.8. The molecule has 166 valence electrons. The third-order valence-electron chi connectivity index (χ3n) is 5.15. The first-order valence-electron chi connectivity index (χ1n) is 10.2. The fourth-order valence-corrected chi connectivity index (χ4v) is 4.05. The summed E-state index contributed by atoms with van der Waals surface area (Å²) in [6.45, 7) is 0. The van der Waals surface area contributed by atoms with Gasteiger partial charge in [0.15, 0.2) is 5.15 Å². The average Bonchev–Trinajstić information content (AvgIpc) is 3.46. The maximum atomic E-state index is 6.12. The van der Waals surface area contributed by atoms with Gasteiger partial charge in [0, 0.05) is 29.1 Å². The number of pyridine rings is 1. The van der Waals surface area contributed by atoms with Crippen molar-refractivity contribution in [1.82, 2.24) is 20.2 Å². The molecule has 3 aromatic heterocycles. The quantitative estimate of drug-likeness (QED) is 0.234. The monoisotopic (exact) mass is 498 g/mol.